The van der Waals surface area contributed by atoms with Crippen molar-refractivity contribution in [3.63, 3.8) is 0 Å². The number of fused-ring (bicyclic) bond motifs is 1. The van der Waals surface area contributed by atoms with Crippen LogP contribution in [0.15, 0.2) is 42.5 Å². The summed E-state index contributed by atoms with van der Waals surface area (Å²) in [6.45, 7) is 1.02. The van der Waals surface area contributed by atoms with Crippen molar-refractivity contribution in [2.24, 2.45) is 0 Å². The van der Waals surface area contributed by atoms with Crippen LogP contribution in [0.3, 0.4) is 0 Å². The SMILES string of the molecule is CN(CC(O)COc1ccc2ccccc2c1)C1CCCCC1.Cl. The Morgan fingerprint density at radius 2 is 1.79 bits per heavy atom. The fourth-order valence-corrected chi connectivity index (χ4v) is 3.51. The number of ether oxygens (including phenoxy) is 1. The maximum Gasteiger partial charge on any atom is 0.120 e. The van der Waals surface area contributed by atoms with Crippen molar-refractivity contribution < 1.29 is 9.84 Å². The highest BCUT2D eigenvalue weighted by Crippen LogP contribution is 2.22. The molecule has 1 aliphatic carbocycles. The minimum atomic E-state index is -0.451. The molecule has 1 N–H and O–H groups in total. The number of likely N-dealkylation sites (N-methyl/N-ethyl adjacent to an activating group) is 1. The third kappa shape index (κ3) is 5.10. The van der Waals surface area contributed by atoms with Gasteiger partial charge in [0.15, 0.2) is 0 Å². The lowest BCUT2D eigenvalue weighted by Crippen LogP contribution is -2.40. The van der Waals surface area contributed by atoms with Crippen LogP contribution in [-0.4, -0.2) is 42.4 Å². The smallest absolute Gasteiger partial charge is 0.120 e. The molecule has 1 fully saturated rings. The first-order chi connectivity index (χ1) is 11.2. The Bertz CT molecular complexity index is 628. The number of hydrogen-bond donors (Lipinski definition) is 1. The summed E-state index contributed by atoms with van der Waals surface area (Å²) < 4.78 is 5.79. The van der Waals surface area contributed by atoms with Crippen LogP contribution in [0.25, 0.3) is 10.8 Å². The topological polar surface area (TPSA) is 32.7 Å². The predicted octanol–water partition coefficient (Wildman–Crippen LogP) is 4.27. The Morgan fingerprint density at radius 3 is 2.54 bits per heavy atom. The van der Waals surface area contributed by atoms with Gasteiger partial charge in [0, 0.05) is 12.6 Å². The number of rotatable bonds is 6. The molecular weight excluding hydrogens is 322 g/mol. The van der Waals surface area contributed by atoms with Crippen molar-refractivity contribution in [1.29, 1.82) is 0 Å². The molecule has 132 valence electrons. The van der Waals surface area contributed by atoms with Crippen molar-refractivity contribution in [3.8, 4) is 5.75 Å². The number of benzene rings is 2. The first-order valence-electron chi connectivity index (χ1n) is 8.72. The van der Waals surface area contributed by atoms with Crippen LogP contribution < -0.4 is 4.74 Å². The molecule has 1 saturated carbocycles. The molecule has 3 rings (SSSR count). The van der Waals surface area contributed by atoms with Gasteiger partial charge < -0.3 is 14.7 Å². The minimum absolute atomic E-state index is 0. The van der Waals surface area contributed by atoms with E-state index in [9.17, 15) is 5.11 Å². The zero-order valence-corrected chi connectivity index (χ0v) is 15.2. The second kappa shape index (κ2) is 9.26. The van der Waals surface area contributed by atoms with E-state index in [2.05, 4.69) is 30.1 Å². The zero-order valence-electron chi connectivity index (χ0n) is 14.4. The molecule has 1 unspecified atom stereocenters. The van der Waals surface area contributed by atoms with Gasteiger partial charge in [-0.05, 0) is 42.8 Å². The number of hydrogen-bond acceptors (Lipinski definition) is 3. The molecule has 0 aromatic heterocycles. The van der Waals surface area contributed by atoms with Gasteiger partial charge in [0.05, 0.1) is 0 Å². The Balaban J connectivity index is 0.00000208. The van der Waals surface area contributed by atoms with Crippen LogP contribution in [0.2, 0.25) is 0 Å². The van der Waals surface area contributed by atoms with Crippen molar-refractivity contribution in [1.82, 2.24) is 4.90 Å². The number of halogens is 1. The summed E-state index contributed by atoms with van der Waals surface area (Å²) in [4.78, 5) is 2.30. The third-order valence-corrected chi connectivity index (χ3v) is 4.86. The summed E-state index contributed by atoms with van der Waals surface area (Å²) in [7, 11) is 2.12. The average molecular weight is 350 g/mol. The standard InChI is InChI=1S/C20H27NO2.ClH/c1-21(18-9-3-2-4-10-18)14-19(22)15-23-20-12-11-16-7-5-6-8-17(16)13-20;/h5-8,11-13,18-19,22H,2-4,9-10,14-15H2,1H3;1H. The fraction of sp³-hybridized carbons (Fsp3) is 0.500. The maximum absolute atomic E-state index is 10.3. The highest BCUT2D eigenvalue weighted by molar-refractivity contribution is 5.85. The average Bonchev–Trinajstić information content (AvgIpc) is 2.60. The molecule has 4 heteroatoms. The van der Waals surface area contributed by atoms with Crippen LogP contribution >= 0.6 is 12.4 Å². The van der Waals surface area contributed by atoms with Gasteiger partial charge in [0.1, 0.15) is 18.5 Å². The summed E-state index contributed by atoms with van der Waals surface area (Å²) in [6.07, 6.45) is 6.06. The van der Waals surface area contributed by atoms with E-state index >= 15 is 0 Å². The van der Waals surface area contributed by atoms with E-state index in [1.807, 2.05) is 24.3 Å². The molecule has 0 radical (unpaired) electrons. The Kier molecular flexibility index (Phi) is 7.35. The molecule has 2 aromatic carbocycles. The van der Waals surface area contributed by atoms with Gasteiger partial charge in [-0.2, -0.15) is 0 Å². The van der Waals surface area contributed by atoms with E-state index in [0.29, 0.717) is 19.2 Å². The molecule has 0 saturated heterocycles. The van der Waals surface area contributed by atoms with E-state index in [1.54, 1.807) is 0 Å². The Morgan fingerprint density at radius 1 is 1.08 bits per heavy atom. The highest BCUT2D eigenvalue weighted by atomic mass is 35.5. The number of aliphatic hydroxyl groups is 1. The van der Waals surface area contributed by atoms with Gasteiger partial charge in [-0.3, -0.25) is 0 Å². The van der Waals surface area contributed by atoms with E-state index in [0.717, 1.165) is 5.75 Å². The van der Waals surface area contributed by atoms with Crippen LogP contribution in [0, 0.1) is 0 Å². The van der Waals surface area contributed by atoms with Crippen LogP contribution in [-0.2, 0) is 0 Å². The fourth-order valence-electron chi connectivity index (χ4n) is 3.51. The molecule has 0 amide bonds. The largest absolute Gasteiger partial charge is 0.491 e. The summed E-state index contributed by atoms with van der Waals surface area (Å²) in [5.74, 6) is 0.822. The Hall–Kier alpha value is -1.29. The van der Waals surface area contributed by atoms with Gasteiger partial charge >= 0.3 is 0 Å². The molecule has 0 bridgehead atoms. The second-order valence-electron chi connectivity index (χ2n) is 6.71. The lowest BCUT2D eigenvalue weighted by atomic mass is 9.94. The molecular formula is C20H28ClNO2. The lowest BCUT2D eigenvalue weighted by molar-refractivity contribution is 0.0562. The summed E-state index contributed by atoms with van der Waals surface area (Å²) in [5.41, 5.74) is 0. The molecule has 1 aliphatic rings. The van der Waals surface area contributed by atoms with Gasteiger partial charge in [-0.25, -0.2) is 0 Å². The minimum Gasteiger partial charge on any atom is -0.491 e. The summed E-state index contributed by atoms with van der Waals surface area (Å²) in [5, 5.41) is 12.6. The predicted molar refractivity (Wildman–Crippen MR) is 102 cm³/mol. The zero-order chi connectivity index (χ0) is 16.1. The lowest BCUT2D eigenvalue weighted by Gasteiger charge is -2.32. The quantitative estimate of drug-likeness (QED) is 0.845. The van der Waals surface area contributed by atoms with Crippen molar-refractivity contribution in [3.05, 3.63) is 42.5 Å². The first-order valence-corrected chi connectivity index (χ1v) is 8.72. The van der Waals surface area contributed by atoms with Gasteiger partial charge in [0.25, 0.3) is 0 Å². The van der Waals surface area contributed by atoms with E-state index in [-0.39, 0.29) is 12.4 Å². The summed E-state index contributed by atoms with van der Waals surface area (Å²) in [6, 6.07) is 14.9. The van der Waals surface area contributed by atoms with Crippen LogP contribution in [0.5, 0.6) is 5.75 Å². The van der Waals surface area contributed by atoms with E-state index in [1.165, 1.54) is 42.9 Å². The van der Waals surface area contributed by atoms with Crippen LogP contribution in [0.1, 0.15) is 32.1 Å². The molecule has 0 heterocycles. The van der Waals surface area contributed by atoms with Gasteiger partial charge in [-0.15, -0.1) is 12.4 Å². The third-order valence-electron chi connectivity index (χ3n) is 4.86. The van der Waals surface area contributed by atoms with Crippen LogP contribution in [0.4, 0.5) is 0 Å². The molecule has 24 heavy (non-hydrogen) atoms. The van der Waals surface area contributed by atoms with Crippen molar-refractivity contribution in [2.75, 3.05) is 20.2 Å². The molecule has 2 aromatic rings. The van der Waals surface area contributed by atoms with E-state index in [4.69, 9.17) is 4.74 Å². The molecule has 1 atom stereocenters. The summed E-state index contributed by atoms with van der Waals surface area (Å²) >= 11 is 0. The second-order valence-corrected chi connectivity index (χ2v) is 6.71. The van der Waals surface area contributed by atoms with Gasteiger partial charge in [-0.1, -0.05) is 49.6 Å². The maximum atomic E-state index is 10.3. The van der Waals surface area contributed by atoms with Crippen molar-refractivity contribution >= 4 is 23.2 Å². The van der Waals surface area contributed by atoms with E-state index < -0.39 is 6.10 Å². The molecule has 0 aliphatic heterocycles. The number of aliphatic hydroxyl groups excluding tert-OH is 1. The number of nitrogens with zero attached hydrogens (tertiary/aromatic N) is 1. The highest BCUT2D eigenvalue weighted by Gasteiger charge is 2.20. The monoisotopic (exact) mass is 349 g/mol. The van der Waals surface area contributed by atoms with Gasteiger partial charge in [0.2, 0.25) is 0 Å². The normalized spacial score (nSPS) is 16.8. The van der Waals surface area contributed by atoms with Crippen molar-refractivity contribution in [2.45, 2.75) is 44.2 Å². The molecule has 0 spiro atoms. The first kappa shape index (κ1) is 19.0. The molecule has 3 nitrogen and oxygen atoms in total. The Labute approximate surface area is 151 Å².